The lowest BCUT2D eigenvalue weighted by Gasteiger charge is -2.12. The van der Waals surface area contributed by atoms with E-state index in [1.807, 2.05) is 19.1 Å². The van der Waals surface area contributed by atoms with E-state index in [9.17, 15) is 0 Å². The topological polar surface area (TPSA) is 102 Å². The number of aromatic nitrogens is 4. The first-order valence-electron chi connectivity index (χ1n) is 6.80. The summed E-state index contributed by atoms with van der Waals surface area (Å²) in [6, 6.07) is 7.27. The van der Waals surface area contributed by atoms with Crippen LogP contribution < -0.4 is 16.4 Å². The number of nitrogens with one attached hydrogen (secondary N) is 2. The lowest BCUT2D eigenvalue weighted by molar-refractivity contribution is 1.15. The van der Waals surface area contributed by atoms with Crippen molar-refractivity contribution in [2.24, 2.45) is 0 Å². The third-order valence-corrected chi connectivity index (χ3v) is 3.24. The van der Waals surface area contributed by atoms with Gasteiger partial charge in [-0.3, -0.25) is 0 Å². The van der Waals surface area contributed by atoms with Crippen LogP contribution in [0.2, 0.25) is 5.02 Å². The number of pyridine rings is 2. The molecule has 3 aromatic heterocycles. The number of nitrogens with two attached hydrogens (primary N) is 1. The maximum Gasteiger partial charge on any atom is 0.160 e. The van der Waals surface area contributed by atoms with Gasteiger partial charge < -0.3 is 16.4 Å². The van der Waals surface area contributed by atoms with Crippen molar-refractivity contribution in [3.05, 3.63) is 53.6 Å². The minimum absolute atomic E-state index is 0.368. The van der Waals surface area contributed by atoms with Gasteiger partial charge in [0, 0.05) is 12.4 Å². The number of anilines is 5. The first-order valence-corrected chi connectivity index (χ1v) is 7.18. The summed E-state index contributed by atoms with van der Waals surface area (Å²) < 4.78 is 0. The van der Waals surface area contributed by atoms with Gasteiger partial charge in [-0.2, -0.15) is 0 Å². The number of nitrogen functional groups attached to an aromatic ring is 1. The van der Waals surface area contributed by atoms with Crippen molar-refractivity contribution in [1.82, 2.24) is 19.9 Å². The predicted molar refractivity (Wildman–Crippen MR) is 91.2 cm³/mol. The fourth-order valence-electron chi connectivity index (χ4n) is 1.89. The molecule has 0 radical (unpaired) electrons. The molecule has 0 saturated carbocycles. The number of aryl methyl sites for hydroxylation is 1. The van der Waals surface area contributed by atoms with E-state index in [0.717, 1.165) is 5.56 Å². The van der Waals surface area contributed by atoms with Crippen molar-refractivity contribution < 1.29 is 0 Å². The third kappa shape index (κ3) is 3.64. The van der Waals surface area contributed by atoms with Crippen LogP contribution >= 0.6 is 11.6 Å². The van der Waals surface area contributed by atoms with Gasteiger partial charge in [0.15, 0.2) is 11.6 Å². The van der Waals surface area contributed by atoms with Crippen molar-refractivity contribution in [3.63, 3.8) is 0 Å². The molecule has 0 amide bonds. The zero-order valence-electron chi connectivity index (χ0n) is 12.3. The fraction of sp³-hybridized carbons (Fsp3) is 0.0667. The largest absolute Gasteiger partial charge is 0.393 e. The van der Waals surface area contributed by atoms with Crippen LogP contribution in [0.1, 0.15) is 5.56 Å². The molecule has 0 atom stereocenters. The maximum absolute atomic E-state index is 6.12. The van der Waals surface area contributed by atoms with Crippen LogP contribution in [0, 0.1) is 6.92 Å². The number of halogens is 1. The summed E-state index contributed by atoms with van der Waals surface area (Å²) in [7, 11) is 0. The molecule has 0 aromatic carbocycles. The number of hydrogen-bond donors (Lipinski definition) is 3. The minimum Gasteiger partial charge on any atom is -0.393 e. The predicted octanol–water partition coefficient (Wildman–Crippen LogP) is 3.30. The molecule has 3 heterocycles. The van der Waals surface area contributed by atoms with Gasteiger partial charge in [-0.1, -0.05) is 11.6 Å². The van der Waals surface area contributed by atoms with Gasteiger partial charge in [-0.15, -0.1) is 0 Å². The number of nitrogens with zero attached hydrogens (tertiary/aromatic N) is 4. The van der Waals surface area contributed by atoms with Gasteiger partial charge in [0.1, 0.15) is 23.7 Å². The normalized spacial score (nSPS) is 10.3. The zero-order valence-corrected chi connectivity index (χ0v) is 13.0. The van der Waals surface area contributed by atoms with E-state index < -0.39 is 0 Å². The highest BCUT2D eigenvalue weighted by Gasteiger charge is 2.09. The highest BCUT2D eigenvalue weighted by molar-refractivity contribution is 6.30. The van der Waals surface area contributed by atoms with Crippen molar-refractivity contribution in [3.8, 4) is 0 Å². The molecule has 0 aliphatic carbocycles. The van der Waals surface area contributed by atoms with Crippen molar-refractivity contribution in [1.29, 1.82) is 0 Å². The molecule has 0 unspecified atom stereocenters. The Hall–Kier alpha value is -2.93. The molecular weight excluding hydrogens is 314 g/mol. The average molecular weight is 328 g/mol. The van der Waals surface area contributed by atoms with Crippen LogP contribution in [0.4, 0.5) is 29.0 Å². The number of hydrogen-bond acceptors (Lipinski definition) is 7. The molecule has 0 fully saturated rings. The minimum atomic E-state index is 0.368. The van der Waals surface area contributed by atoms with Crippen molar-refractivity contribution >= 4 is 40.6 Å². The van der Waals surface area contributed by atoms with E-state index in [-0.39, 0.29) is 0 Å². The smallest absolute Gasteiger partial charge is 0.160 e. The molecule has 3 rings (SSSR count). The average Bonchev–Trinajstić information content (AvgIpc) is 2.53. The number of rotatable bonds is 4. The quantitative estimate of drug-likeness (QED) is 0.675. The van der Waals surface area contributed by atoms with Crippen LogP contribution in [0.15, 0.2) is 43.0 Å². The molecule has 8 heteroatoms. The summed E-state index contributed by atoms with van der Waals surface area (Å²) in [4.78, 5) is 16.7. The lowest BCUT2D eigenvalue weighted by Crippen LogP contribution is -2.06. The zero-order chi connectivity index (χ0) is 16.2. The molecular formula is C15H14ClN7. The summed E-state index contributed by atoms with van der Waals surface area (Å²) in [6.45, 7) is 1.98. The second-order valence-electron chi connectivity index (χ2n) is 4.81. The molecule has 0 saturated heterocycles. The monoisotopic (exact) mass is 327 g/mol. The Balaban J connectivity index is 1.84. The fourth-order valence-corrected chi connectivity index (χ4v) is 2.00. The first-order chi connectivity index (χ1) is 11.1. The summed E-state index contributed by atoms with van der Waals surface area (Å²) in [5.41, 5.74) is 7.57. The van der Waals surface area contributed by atoms with E-state index in [1.165, 1.54) is 12.5 Å². The summed E-state index contributed by atoms with van der Waals surface area (Å²) in [5.74, 6) is 2.16. The lowest BCUT2D eigenvalue weighted by atomic mass is 10.3. The molecule has 23 heavy (non-hydrogen) atoms. The Kier molecular flexibility index (Phi) is 4.20. The summed E-state index contributed by atoms with van der Waals surface area (Å²) >= 11 is 5.82. The Morgan fingerprint density at radius 1 is 0.957 bits per heavy atom. The first kappa shape index (κ1) is 15.0. The van der Waals surface area contributed by atoms with E-state index in [1.54, 1.807) is 18.3 Å². The van der Waals surface area contributed by atoms with Gasteiger partial charge in [-0.25, -0.2) is 19.9 Å². The Morgan fingerprint density at radius 3 is 2.35 bits per heavy atom. The summed E-state index contributed by atoms with van der Waals surface area (Å²) in [6.07, 6.45) is 4.66. The standard InChI is InChI=1S/C15H14ClN7/c1-9-4-5-18-12(6-9)23-15-13(17)14(20-8-21-15)22-11-3-2-10(16)7-19-11/h2-8H,17H2,1H3,(H2,18,19,20,21,22,23). The Morgan fingerprint density at radius 2 is 1.70 bits per heavy atom. The Bertz CT molecular complexity index is 820. The summed E-state index contributed by atoms with van der Waals surface area (Å²) in [5, 5.41) is 6.66. The third-order valence-electron chi connectivity index (χ3n) is 3.02. The van der Waals surface area contributed by atoms with Crippen LogP contribution in [-0.2, 0) is 0 Å². The van der Waals surface area contributed by atoms with Crippen LogP contribution in [0.25, 0.3) is 0 Å². The molecule has 116 valence electrons. The van der Waals surface area contributed by atoms with Gasteiger partial charge >= 0.3 is 0 Å². The molecule has 4 N–H and O–H groups in total. The van der Waals surface area contributed by atoms with Crippen LogP contribution in [0.3, 0.4) is 0 Å². The van der Waals surface area contributed by atoms with E-state index in [4.69, 9.17) is 17.3 Å². The van der Waals surface area contributed by atoms with E-state index in [2.05, 4.69) is 30.6 Å². The molecule has 0 aliphatic heterocycles. The highest BCUT2D eigenvalue weighted by atomic mass is 35.5. The molecule has 0 bridgehead atoms. The van der Waals surface area contributed by atoms with Crippen LogP contribution in [-0.4, -0.2) is 19.9 Å². The van der Waals surface area contributed by atoms with Gasteiger partial charge in [0.25, 0.3) is 0 Å². The highest BCUT2D eigenvalue weighted by Crippen LogP contribution is 2.27. The second-order valence-corrected chi connectivity index (χ2v) is 5.25. The molecule has 0 spiro atoms. The van der Waals surface area contributed by atoms with Gasteiger partial charge in [0.05, 0.1) is 5.02 Å². The SMILES string of the molecule is Cc1ccnc(Nc2ncnc(Nc3ccc(Cl)cn3)c2N)c1. The van der Waals surface area contributed by atoms with E-state index in [0.29, 0.717) is 34.0 Å². The maximum atomic E-state index is 6.12. The molecule has 3 aromatic rings. The molecule has 0 aliphatic rings. The van der Waals surface area contributed by atoms with Crippen molar-refractivity contribution in [2.45, 2.75) is 6.92 Å². The molecule has 7 nitrogen and oxygen atoms in total. The van der Waals surface area contributed by atoms with Crippen LogP contribution in [0.5, 0.6) is 0 Å². The van der Waals surface area contributed by atoms with Gasteiger partial charge in [0.2, 0.25) is 0 Å². The van der Waals surface area contributed by atoms with Crippen molar-refractivity contribution in [2.75, 3.05) is 16.4 Å². The van der Waals surface area contributed by atoms with Gasteiger partial charge in [-0.05, 0) is 36.8 Å². The second kappa shape index (κ2) is 6.45. The van der Waals surface area contributed by atoms with E-state index >= 15 is 0 Å². The Labute approximate surface area is 138 Å².